The second-order valence-corrected chi connectivity index (χ2v) is 11.0. The van der Waals surface area contributed by atoms with Crippen molar-refractivity contribution >= 4 is 11.8 Å². The first-order valence-corrected chi connectivity index (χ1v) is 12.2. The molecule has 4 aliphatic rings. The number of carbonyl (C=O) groups is 2. The minimum Gasteiger partial charge on any atom is -0.350 e. The molecular weight excluding hydrogens is 386 g/mol. The first-order chi connectivity index (χ1) is 14.8. The minimum absolute atomic E-state index is 0.105. The average molecular weight is 424 g/mol. The van der Waals surface area contributed by atoms with Gasteiger partial charge < -0.3 is 15.1 Å². The van der Waals surface area contributed by atoms with E-state index >= 15 is 0 Å². The Labute approximate surface area is 186 Å². The number of benzene rings is 1. The van der Waals surface area contributed by atoms with Crippen molar-refractivity contribution in [2.75, 3.05) is 32.7 Å². The molecule has 1 aromatic rings. The van der Waals surface area contributed by atoms with Crippen LogP contribution in [0.3, 0.4) is 0 Å². The molecule has 5 heteroatoms. The maximum atomic E-state index is 13.5. The van der Waals surface area contributed by atoms with Crippen molar-refractivity contribution in [1.82, 2.24) is 15.1 Å². The standard InChI is InChI=1S/C26H37N3O2/c1-18(2)8-13-28-16-21-22(17-28)26(27-23(21)30)11-14-29(15-12-26)24(31)25(9-10-25)20-6-4-19(3)5-7-20/h4-7,18,21-22H,8-17H2,1-3H3,(H,27,30)/t21-,22+/m1/s1. The summed E-state index contributed by atoms with van der Waals surface area (Å²) in [4.78, 5) is 30.9. The third-order valence-electron chi connectivity index (χ3n) is 8.54. The molecule has 168 valence electrons. The highest BCUT2D eigenvalue weighted by molar-refractivity contribution is 5.91. The molecule has 1 aliphatic carbocycles. The number of hydrogen-bond acceptors (Lipinski definition) is 3. The summed E-state index contributed by atoms with van der Waals surface area (Å²) < 4.78 is 0. The highest BCUT2D eigenvalue weighted by Crippen LogP contribution is 2.51. The van der Waals surface area contributed by atoms with Crippen LogP contribution in [0.2, 0.25) is 0 Å². The van der Waals surface area contributed by atoms with Gasteiger partial charge in [-0.3, -0.25) is 9.59 Å². The second-order valence-electron chi connectivity index (χ2n) is 11.0. The van der Waals surface area contributed by atoms with Crippen LogP contribution >= 0.6 is 0 Å². The van der Waals surface area contributed by atoms with E-state index in [1.165, 1.54) is 17.5 Å². The molecular formula is C26H37N3O2. The van der Waals surface area contributed by atoms with Gasteiger partial charge >= 0.3 is 0 Å². The van der Waals surface area contributed by atoms with E-state index in [1.807, 2.05) is 0 Å². The van der Waals surface area contributed by atoms with Gasteiger partial charge in [0.25, 0.3) is 0 Å². The molecule has 2 atom stereocenters. The normalized spacial score (nSPS) is 28.8. The van der Waals surface area contributed by atoms with E-state index < -0.39 is 0 Å². The van der Waals surface area contributed by atoms with Crippen LogP contribution in [-0.2, 0) is 15.0 Å². The van der Waals surface area contributed by atoms with Gasteiger partial charge in [-0.2, -0.15) is 0 Å². The Morgan fingerprint density at radius 1 is 1.10 bits per heavy atom. The monoisotopic (exact) mass is 423 g/mol. The minimum atomic E-state index is -0.291. The number of carbonyl (C=O) groups excluding carboxylic acids is 2. The van der Waals surface area contributed by atoms with E-state index in [9.17, 15) is 9.59 Å². The molecule has 5 rings (SSSR count). The van der Waals surface area contributed by atoms with E-state index in [4.69, 9.17) is 0 Å². The third kappa shape index (κ3) is 3.59. The number of amides is 2. The van der Waals surface area contributed by atoms with Crippen molar-refractivity contribution in [2.45, 2.75) is 63.8 Å². The fourth-order valence-electron chi connectivity index (χ4n) is 6.30. The fourth-order valence-corrected chi connectivity index (χ4v) is 6.30. The molecule has 0 radical (unpaired) electrons. The summed E-state index contributed by atoms with van der Waals surface area (Å²) in [6.07, 6.45) is 4.91. The lowest BCUT2D eigenvalue weighted by molar-refractivity contribution is -0.136. The zero-order valence-corrected chi connectivity index (χ0v) is 19.3. The summed E-state index contributed by atoms with van der Waals surface area (Å²) in [6.45, 7) is 11.2. The molecule has 1 saturated carbocycles. The van der Waals surface area contributed by atoms with Crippen molar-refractivity contribution in [3.05, 3.63) is 35.4 Å². The molecule has 1 aromatic carbocycles. The van der Waals surface area contributed by atoms with Gasteiger partial charge in [-0.25, -0.2) is 0 Å². The Morgan fingerprint density at radius 2 is 1.77 bits per heavy atom. The Balaban J connectivity index is 1.24. The number of nitrogens with zero attached hydrogens (tertiary/aromatic N) is 2. The molecule has 5 nitrogen and oxygen atoms in total. The van der Waals surface area contributed by atoms with Crippen LogP contribution in [0.1, 0.15) is 57.1 Å². The van der Waals surface area contributed by atoms with Crippen LogP contribution in [-0.4, -0.2) is 59.9 Å². The predicted octanol–water partition coefficient (Wildman–Crippen LogP) is 3.11. The molecule has 0 aromatic heterocycles. The Bertz CT molecular complexity index is 850. The summed E-state index contributed by atoms with van der Waals surface area (Å²) in [6, 6.07) is 8.51. The van der Waals surface area contributed by atoms with Crippen LogP contribution in [0, 0.1) is 24.7 Å². The highest BCUT2D eigenvalue weighted by Gasteiger charge is 2.59. The largest absolute Gasteiger partial charge is 0.350 e. The molecule has 0 unspecified atom stereocenters. The Kier molecular flexibility index (Phi) is 5.16. The molecule has 1 N–H and O–H groups in total. The van der Waals surface area contributed by atoms with Gasteiger partial charge in [0.15, 0.2) is 0 Å². The van der Waals surface area contributed by atoms with Gasteiger partial charge in [0.2, 0.25) is 11.8 Å². The van der Waals surface area contributed by atoms with Gasteiger partial charge in [-0.15, -0.1) is 0 Å². The molecule has 4 fully saturated rings. The quantitative estimate of drug-likeness (QED) is 0.792. The summed E-state index contributed by atoms with van der Waals surface area (Å²) in [5.74, 6) is 1.78. The lowest BCUT2D eigenvalue weighted by Crippen LogP contribution is -2.57. The van der Waals surface area contributed by atoms with E-state index in [1.54, 1.807) is 0 Å². The van der Waals surface area contributed by atoms with E-state index in [0.29, 0.717) is 17.7 Å². The zero-order chi connectivity index (χ0) is 21.8. The second kappa shape index (κ2) is 7.61. The van der Waals surface area contributed by atoms with Crippen molar-refractivity contribution in [3.63, 3.8) is 0 Å². The van der Waals surface area contributed by atoms with E-state index in [-0.39, 0.29) is 22.8 Å². The van der Waals surface area contributed by atoms with Gasteiger partial charge in [-0.1, -0.05) is 43.7 Å². The van der Waals surface area contributed by atoms with Crippen LogP contribution in [0.15, 0.2) is 24.3 Å². The number of nitrogens with one attached hydrogen (secondary N) is 1. The van der Waals surface area contributed by atoms with Crippen molar-refractivity contribution < 1.29 is 9.59 Å². The highest BCUT2D eigenvalue weighted by atomic mass is 16.2. The van der Waals surface area contributed by atoms with Crippen molar-refractivity contribution in [3.8, 4) is 0 Å². The van der Waals surface area contributed by atoms with E-state index in [2.05, 4.69) is 60.2 Å². The van der Waals surface area contributed by atoms with Gasteiger partial charge in [0.1, 0.15) is 0 Å². The smallest absolute Gasteiger partial charge is 0.233 e. The van der Waals surface area contributed by atoms with Crippen LogP contribution < -0.4 is 5.32 Å². The van der Waals surface area contributed by atoms with E-state index in [0.717, 1.165) is 58.4 Å². The average Bonchev–Trinajstić information content (AvgIpc) is 3.37. The number of piperidine rings is 1. The van der Waals surface area contributed by atoms with Crippen molar-refractivity contribution in [1.29, 1.82) is 0 Å². The summed E-state index contributed by atoms with van der Waals surface area (Å²) in [7, 11) is 0. The zero-order valence-electron chi connectivity index (χ0n) is 19.3. The Morgan fingerprint density at radius 3 is 2.39 bits per heavy atom. The molecule has 1 spiro atoms. The SMILES string of the molecule is Cc1ccc(C2(C(=O)N3CCC4(CC3)NC(=O)[C@@H]3CN(CCC(C)C)C[C@@H]34)CC2)cc1. The maximum absolute atomic E-state index is 13.5. The topological polar surface area (TPSA) is 52.7 Å². The van der Waals surface area contributed by atoms with Crippen LogP contribution in [0.4, 0.5) is 0 Å². The van der Waals surface area contributed by atoms with Crippen molar-refractivity contribution in [2.24, 2.45) is 17.8 Å². The molecule has 3 aliphatic heterocycles. The lowest BCUT2D eigenvalue weighted by atomic mass is 9.75. The summed E-state index contributed by atoms with van der Waals surface area (Å²) >= 11 is 0. The third-order valence-corrected chi connectivity index (χ3v) is 8.54. The first-order valence-electron chi connectivity index (χ1n) is 12.2. The number of likely N-dealkylation sites (tertiary alicyclic amines) is 2. The molecule has 3 saturated heterocycles. The number of hydrogen-bond donors (Lipinski definition) is 1. The number of aryl methyl sites for hydroxylation is 1. The van der Waals surface area contributed by atoms with Gasteiger partial charge in [0, 0.05) is 37.6 Å². The lowest BCUT2D eigenvalue weighted by Gasteiger charge is -2.43. The number of rotatable bonds is 5. The molecule has 31 heavy (non-hydrogen) atoms. The molecule has 0 bridgehead atoms. The summed E-state index contributed by atoms with van der Waals surface area (Å²) in [5.41, 5.74) is 2.01. The summed E-state index contributed by atoms with van der Waals surface area (Å²) in [5, 5.41) is 3.40. The fraction of sp³-hybridized carbons (Fsp3) is 0.692. The first kappa shape index (κ1) is 21.0. The molecule has 2 amide bonds. The molecule has 3 heterocycles. The van der Waals surface area contributed by atoms with Gasteiger partial charge in [0.05, 0.1) is 11.3 Å². The Hall–Kier alpha value is -1.88. The van der Waals surface area contributed by atoms with Gasteiger partial charge in [-0.05, 0) is 57.1 Å². The predicted molar refractivity (Wildman–Crippen MR) is 122 cm³/mol. The number of fused-ring (bicyclic) bond motifs is 2. The maximum Gasteiger partial charge on any atom is 0.233 e. The van der Waals surface area contributed by atoms with Crippen LogP contribution in [0.5, 0.6) is 0 Å². The van der Waals surface area contributed by atoms with Crippen LogP contribution in [0.25, 0.3) is 0 Å².